The zero-order chi connectivity index (χ0) is 19.2. The summed E-state index contributed by atoms with van der Waals surface area (Å²) in [5.74, 6) is 1.15. The molecule has 0 aliphatic carbocycles. The number of hydrogen-bond donors (Lipinski definition) is 1. The summed E-state index contributed by atoms with van der Waals surface area (Å²) in [6.45, 7) is 2.27. The Kier molecular flexibility index (Phi) is 6.32. The van der Waals surface area contributed by atoms with E-state index in [4.69, 9.17) is 21.1 Å². The molecule has 0 fully saturated rings. The smallest absolute Gasteiger partial charge is 0.258 e. The summed E-state index contributed by atoms with van der Waals surface area (Å²) >= 11 is 7.76. The van der Waals surface area contributed by atoms with Gasteiger partial charge in [0.05, 0.1) is 24.4 Å². The number of aryl methyl sites for hydroxylation is 1. The molecule has 3 rings (SSSR count). The van der Waals surface area contributed by atoms with Crippen LogP contribution in [0.4, 0.5) is 0 Å². The highest BCUT2D eigenvalue weighted by Gasteiger charge is 2.13. The van der Waals surface area contributed by atoms with Gasteiger partial charge in [-0.05, 0) is 37.3 Å². The van der Waals surface area contributed by atoms with Crippen LogP contribution in [-0.2, 0) is 11.3 Å². The van der Waals surface area contributed by atoms with E-state index in [1.807, 2.05) is 31.2 Å². The first-order chi connectivity index (χ1) is 13.1. The Morgan fingerprint density at radius 1 is 1.15 bits per heavy atom. The van der Waals surface area contributed by atoms with E-state index in [2.05, 4.69) is 10.3 Å². The normalized spacial score (nSPS) is 10.5. The van der Waals surface area contributed by atoms with Crippen molar-refractivity contribution in [2.75, 3.05) is 13.7 Å². The molecule has 1 heterocycles. The molecule has 27 heavy (non-hydrogen) atoms. The molecule has 0 aliphatic rings. The quantitative estimate of drug-likeness (QED) is 0.633. The van der Waals surface area contributed by atoms with E-state index in [1.54, 1.807) is 31.4 Å². The van der Waals surface area contributed by atoms with Crippen molar-refractivity contribution >= 4 is 28.8 Å². The Morgan fingerprint density at radius 3 is 2.56 bits per heavy atom. The third kappa shape index (κ3) is 4.99. The van der Waals surface area contributed by atoms with Gasteiger partial charge in [0, 0.05) is 10.4 Å². The van der Waals surface area contributed by atoms with Gasteiger partial charge in [-0.15, -0.1) is 11.3 Å². The highest BCUT2D eigenvalue weighted by atomic mass is 35.5. The molecule has 0 saturated carbocycles. The van der Waals surface area contributed by atoms with Gasteiger partial charge in [0.25, 0.3) is 5.91 Å². The molecule has 0 aliphatic heterocycles. The minimum Gasteiger partial charge on any atom is -0.497 e. The Balaban J connectivity index is 1.55. The molecule has 0 atom stereocenters. The van der Waals surface area contributed by atoms with Crippen LogP contribution in [0.1, 0.15) is 10.6 Å². The van der Waals surface area contributed by atoms with E-state index in [0.29, 0.717) is 17.3 Å². The predicted octanol–water partition coefficient (Wildman–Crippen LogP) is 4.48. The van der Waals surface area contributed by atoms with Crippen molar-refractivity contribution in [1.29, 1.82) is 0 Å². The molecule has 5 nitrogen and oxygen atoms in total. The van der Waals surface area contributed by atoms with Gasteiger partial charge in [-0.3, -0.25) is 4.79 Å². The van der Waals surface area contributed by atoms with Crippen LogP contribution < -0.4 is 14.8 Å². The van der Waals surface area contributed by atoms with Crippen molar-refractivity contribution in [3.05, 3.63) is 64.1 Å². The van der Waals surface area contributed by atoms with Gasteiger partial charge in [0.2, 0.25) is 0 Å². The highest BCUT2D eigenvalue weighted by Crippen LogP contribution is 2.32. The minimum atomic E-state index is -0.196. The first-order valence-electron chi connectivity index (χ1n) is 8.31. The number of nitrogens with zero attached hydrogens (tertiary/aromatic N) is 1. The Morgan fingerprint density at radius 2 is 1.85 bits per heavy atom. The average Bonchev–Trinajstić information content (AvgIpc) is 3.06. The number of halogens is 1. The lowest BCUT2D eigenvalue weighted by Crippen LogP contribution is -2.28. The monoisotopic (exact) mass is 402 g/mol. The van der Waals surface area contributed by atoms with Crippen LogP contribution in [0.3, 0.4) is 0 Å². The Labute approximate surface area is 166 Å². The molecule has 1 aromatic heterocycles. The number of rotatable bonds is 7. The van der Waals surface area contributed by atoms with E-state index in [9.17, 15) is 4.79 Å². The molecule has 0 unspecified atom stereocenters. The standard InChI is InChI=1S/C20H19ClN2O3S/c1-13-18(27-20(23-13)16-5-3-4-6-17(16)21)11-22-19(24)12-26-15-9-7-14(25-2)8-10-15/h3-10H,11-12H2,1-2H3,(H,22,24). The first kappa shape index (κ1) is 19.2. The zero-order valence-corrected chi connectivity index (χ0v) is 16.6. The molecule has 1 N–H and O–H groups in total. The zero-order valence-electron chi connectivity index (χ0n) is 15.0. The number of amides is 1. The highest BCUT2D eigenvalue weighted by molar-refractivity contribution is 7.15. The number of carbonyl (C=O) groups is 1. The van der Waals surface area contributed by atoms with Crippen LogP contribution in [0, 0.1) is 6.92 Å². The molecule has 2 aromatic carbocycles. The lowest BCUT2D eigenvalue weighted by Gasteiger charge is -2.07. The average molecular weight is 403 g/mol. The fourth-order valence-corrected chi connectivity index (χ4v) is 3.72. The van der Waals surface area contributed by atoms with E-state index in [1.165, 1.54) is 11.3 Å². The van der Waals surface area contributed by atoms with Gasteiger partial charge in [0.1, 0.15) is 16.5 Å². The third-order valence-electron chi connectivity index (χ3n) is 3.87. The van der Waals surface area contributed by atoms with E-state index in [-0.39, 0.29) is 12.5 Å². The summed E-state index contributed by atoms with van der Waals surface area (Å²) in [4.78, 5) is 17.6. The lowest BCUT2D eigenvalue weighted by molar-refractivity contribution is -0.123. The van der Waals surface area contributed by atoms with Crippen molar-refractivity contribution in [2.24, 2.45) is 0 Å². The summed E-state index contributed by atoms with van der Waals surface area (Å²) in [5, 5.41) is 4.37. The van der Waals surface area contributed by atoms with E-state index >= 15 is 0 Å². The molecule has 140 valence electrons. The fraction of sp³-hybridized carbons (Fsp3) is 0.200. The van der Waals surface area contributed by atoms with Crippen LogP contribution in [0.5, 0.6) is 11.5 Å². The van der Waals surface area contributed by atoms with Crippen molar-refractivity contribution in [3.8, 4) is 22.1 Å². The minimum absolute atomic E-state index is 0.0540. The first-order valence-corrected chi connectivity index (χ1v) is 9.51. The van der Waals surface area contributed by atoms with Gasteiger partial charge in [-0.2, -0.15) is 0 Å². The fourth-order valence-electron chi connectivity index (χ4n) is 2.39. The summed E-state index contributed by atoms with van der Waals surface area (Å²) in [7, 11) is 1.60. The van der Waals surface area contributed by atoms with Crippen LogP contribution >= 0.6 is 22.9 Å². The molecular formula is C20H19ClN2O3S. The van der Waals surface area contributed by atoms with Crippen molar-refractivity contribution in [1.82, 2.24) is 10.3 Å². The van der Waals surface area contributed by atoms with Gasteiger partial charge in [0.15, 0.2) is 6.61 Å². The van der Waals surface area contributed by atoms with Crippen molar-refractivity contribution in [3.63, 3.8) is 0 Å². The molecule has 3 aromatic rings. The van der Waals surface area contributed by atoms with Crippen molar-refractivity contribution in [2.45, 2.75) is 13.5 Å². The number of benzene rings is 2. The maximum Gasteiger partial charge on any atom is 0.258 e. The molecule has 0 bridgehead atoms. The maximum absolute atomic E-state index is 12.1. The van der Waals surface area contributed by atoms with E-state index < -0.39 is 0 Å². The second-order valence-electron chi connectivity index (χ2n) is 5.75. The van der Waals surface area contributed by atoms with E-state index in [0.717, 1.165) is 26.9 Å². The summed E-state index contributed by atoms with van der Waals surface area (Å²) in [5.41, 5.74) is 1.78. The Bertz CT molecular complexity index is 925. The van der Waals surface area contributed by atoms with Crippen LogP contribution in [0.2, 0.25) is 5.02 Å². The lowest BCUT2D eigenvalue weighted by atomic mass is 10.2. The van der Waals surface area contributed by atoms with Gasteiger partial charge in [-0.25, -0.2) is 4.98 Å². The summed E-state index contributed by atoms with van der Waals surface area (Å²) < 4.78 is 10.6. The van der Waals surface area contributed by atoms with Gasteiger partial charge >= 0.3 is 0 Å². The number of hydrogen-bond acceptors (Lipinski definition) is 5. The number of nitrogens with one attached hydrogen (secondary N) is 1. The van der Waals surface area contributed by atoms with Crippen LogP contribution in [-0.4, -0.2) is 24.6 Å². The second kappa shape index (κ2) is 8.88. The largest absolute Gasteiger partial charge is 0.497 e. The number of ether oxygens (including phenoxy) is 2. The molecular weight excluding hydrogens is 384 g/mol. The Hall–Kier alpha value is -2.57. The topological polar surface area (TPSA) is 60.5 Å². The summed E-state index contributed by atoms with van der Waals surface area (Å²) in [6.07, 6.45) is 0. The SMILES string of the molecule is COc1ccc(OCC(=O)NCc2sc(-c3ccccc3Cl)nc2C)cc1. The van der Waals surface area contributed by atoms with Gasteiger partial charge < -0.3 is 14.8 Å². The summed E-state index contributed by atoms with van der Waals surface area (Å²) in [6, 6.07) is 14.7. The number of methoxy groups -OCH3 is 1. The maximum atomic E-state index is 12.1. The number of carbonyl (C=O) groups excluding carboxylic acids is 1. The molecule has 0 radical (unpaired) electrons. The van der Waals surface area contributed by atoms with Crippen molar-refractivity contribution < 1.29 is 14.3 Å². The predicted molar refractivity (Wildman–Crippen MR) is 108 cm³/mol. The van der Waals surface area contributed by atoms with Gasteiger partial charge in [-0.1, -0.05) is 29.8 Å². The second-order valence-corrected chi connectivity index (χ2v) is 7.24. The van der Waals surface area contributed by atoms with Crippen LogP contribution in [0.15, 0.2) is 48.5 Å². The molecule has 0 saturated heterocycles. The molecule has 7 heteroatoms. The molecule has 1 amide bonds. The molecule has 0 spiro atoms. The third-order valence-corrected chi connectivity index (χ3v) is 5.39. The van der Waals surface area contributed by atoms with Crippen LogP contribution in [0.25, 0.3) is 10.6 Å². The number of thiazole rings is 1. The number of aromatic nitrogens is 1.